The Morgan fingerprint density at radius 1 is 1.57 bits per heavy atom. The summed E-state index contributed by atoms with van der Waals surface area (Å²) in [7, 11) is 0. The van der Waals surface area contributed by atoms with Gasteiger partial charge in [-0.1, -0.05) is 24.9 Å². The summed E-state index contributed by atoms with van der Waals surface area (Å²) < 4.78 is 0. The largest absolute Gasteiger partial charge is 0.409 e. The lowest BCUT2D eigenvalue weighted by Gasteiger charge is -2.27. The fourth-order valence-electron chi connectivity index (χ4n) is 1.94. The van der Waals surface area contributed by atoms with Crippen LogP contribution in [-0.2, 0) is 0 Å². The van der Waals surface area contributed by atoms with Crippen molar-refractivity contribution in [1.82, 2.24) is 0 Å². The van der Waals surface area contributed by atoms with E-state index < -0.39 is 0 Å². The zero-order valence-electron chi connectivity index (χ0n) is 8.94. The third kappa shape index (κ3) is 3.40. The molecule has 1 fully saturated rings. The maximum atomic E-state index is 8.54. The van der Waals surface area contributed by atoms with E-state index in [1.807, 2.05) is 18.7 Å². The lowest BCUT2D eigenvalue weighted by Crippen LogP contribution is -2.27. The molecule has 0 amide bonds. The van der Waals surface area contributed by atoms with Crippen molar-refractivity contribution in [1.29, 1.82) is 0 Å². The van der Waals surface area contributed by atoms with Gasteiger partial charge < -0.3 is 10.9 Å². The molecule has 4 heteroatoms. The standard InChI is InChI=1S/C10H20N2OS/c1-7-4-3-5-9(6-7)14-8(2)10(11)12-13/h7-9,13H,3-6H2,1-2H3,(H2,11,12). The van der Waals surface area contributed by atoms with Crippen LogP contribution in [0.25, 0.3) is 0 Å². The highest BCUT2D eigenvalue weighted by Gasteiger charge is 2.22. The fraction of sp³-hybridized carbons (Fsp3) is 0.900. The van der Waals surface area contributed by atoms with E-state index in [-0.39, 0.29) is 5.25 Å². The molecule has 3 nitrogen and oxygen atoms in total. The van der Waals surface area contributed by atoms with Crippen LogP contribution >= 0.6 is 11.8 Å². The van der Waals surface area contributed by atoms with Crippen molar-refractivity contribution in [2.75, 3.05) is 0 Å². The Hall–Kier alpha value is -0.380. The molecule has 14 heavy (non-hydrogen) atoms. The number of rotatable bonds is 3. The fourth-order valence-corrected chi connectivity index (χ4v) is 3.45. The van der Waals surface area contributed by atoms with E-state index >= 15 is 0 Å². The quantitative estimate of drug-likeness (QED) is 0.330. The number of hydrogen-bond acceptors (Lipinski definition) is 3. The molecule has 0 aromatic rings. The average Bonchev–Trinajstić information content (AvgIpc) is 2.16. The number of oxime groups is 1. The van der Waals surface area contributed by atoms with Crippen molar-refractivity contribution in [2.45, 2.75) is 50.0 Å². The summed E-state index contributed by atoms with van der Waals surface area (Å²) in [5.41, 5.74) is 5.55. The van der Waals surface area contributed by atoms with Gasteiger partial charge in [-0.2, -0.15) is 0 Å². The van der Waals surface area contributed by atoms with Crippen LogP contribution in [0.5, 0.6) is 0 Å². The third-order valence-electron chi connectivity index (χ3n) is 2.82. The lowest BCUT2D eigenvalue weighted by atomic mass is 9.91. The maximum absolute atomic E-state index is 8.54. The Labute approximate surface area is 90.1 Å². The van der Waals surface area contributed by atoms with Gasteiger partial charge in [-0.3, -0.25) is 0 Å². The van der Waals surface area contributed by atoms with E-state index in [0.29, 0.717) is 11.1 Å². The zero-order chi connectivity index (χ0) is 10.6. The minimum atomic E-state index is 0.135. The van der Waals surface area contributed by atoms with Gasteiger partial charge >= 0.3 is 0 Å². The van der Waals surface area contributed by atoms with Gasteiger partial charge in [0.25, 0.3) is 0 Å². The predicted molar refractivity (Wildman–Crippen MR) is 61.9 cm³/mol. The van der Waals surface area contributed by atoms with Crippen LogP contribution in [0, 0.1) is 5.92 Å². The Kier molecular flexibility index (Phi) is 4.58. The van der Waals surface area contributed by atoms with Gasteiger partial charge in [0.05, 0.1) is 5.25 Å². The molecule has 0 radical (unpaired) electrons. The molecule has 82 valence electrons. The molecule has 0 spiro atoms. The molecule has 3 unspecified atom stereocenters. The van der Waals surface area contributed by atoms with Gasteiger partial charge in [0.2, 0.25) is 0 Å². The Balaban J connectivity index is 2.36. The first-order chi connectivity index (χ1) is 6.63. The number of nitrogens with two attached hydrogens (primary N) is 1. The number of amidine groups is 1. The first-order valence-electron chi connectivity index (χ1n) is 5.26. The molecule has 3 atom stereocenters. The molecule has 1 rings (SSSR count). The van der Waals surface area contributed by atoms with Crippen LogP contribution in [0.2, 0.25) is 0 Å². The predicted octanol–water partition coefficient (Wildman–Crippen LogP) is 2.43. The second-order valence-corrected chi connectivity index (χ2v) is 5.84. The van der Waals surface area contributed by atoms with E-state index in [1.54, 1.807) is 0 Å². The average molecular weight is 216 g/mol. The highest BCUT2D eigenvalue weighted by atomic mass is 32.2. The minimum Gasteiger partial charge on any atom is -0.409 e. The van der Waals surface area contributed by atoms with Gasteiger partial charge in [-0.25, -0.2) is 0 Å². The molecule has 0 saturated heterocycles. The molecule has 0 aliphatic heterocycles. The van der Waals surface area contributed by atoms with E-state index in [9.17, 15) is 0 Å². The van der Waals surface area contributed by atoms with E-state index in [0.717, 1.165) is 5.92 Å². The molecule has 0 aromatic carbocycles. The summed E-state index contributed by atoms with van der Waals surface area (Å²) in [6.45, 7) is 4.31. The summed E-state index contributed by atoms with van der Waals surface area (Å²) in [6, 6.07) is 0. The van der Waals surface area contributed by atoms with Crippen molar-refractivity contribution in [2.24, 2.45) is 16.8 Å². The number of hydrogen-bond donors (Lipinski definition) is 2. The van der Waals surface area contributed by atoms with Crippen molar-refractivity contribution in [3.05, 3.63) is 0 Å². The second kappa shape index (κ2) is 5.49. The van der Waals surface area contributed by atoms with Crippen molar-refractivity contribution >= 4 is 17.6 Å². The van der Waals surface area contributed by atoms with Crippen LogP contribution in [0.1, 0.15) is 39.5 Å². The van der Waals surface area contributed by atoms with Crippen molar-refractivity contribution in [3.8, 4) is 0 Å². The third-order valence-corrected chi connectivity index (χ3v) is 4.28. The molecule has 0 bridgehead atoms. The van der Waals surface area contributed by atoms with Gasteiger partial charge in [0.15, 0.2) is 5.84 Å². The van der Waals surface area contributed by atoms with Gasteiger partial charge in [-0.15, -0.1) is 11.8 Å². The summed E-state index contributed by atoms with van der Waals surface area (Å²) in [5, 5.41) is 12.4. The highest BCUT2D eigenvalue weighted by molar-refractivity contribution is 8.01. The monoisotopic (exact) mass is 216 g/mol. The van der Waals surface area contributed by atoms with Crippen LogP contribution in [0.4, 0.5) is 0 Å². The molecule has 0 aromatic heterocycles. The zero-order valence-corrected chi connectivity index (χ0v) is 9.76. The summed E-state index contributed by atoms with van der Waals surface area (Å²) in [4.78, 5) is 0. The maximum Gasteiger partial charge on any atom is 0.152 e. The molecule has 1 aliphatic carbocycles. The number of thioether (sulfide) groups is 1. The van der Waals surface area contributed by atoms with E-state index in [1.165, 1.54) is 25.7 Å². The summed E-state index contributed by atoms with van der Waals surface area (Å²) in [6.07, 6.45) is 5.22. The van der Waals surface area contributed by atoms with E-state index in [4.69, 9.17) is 10.9 Å². The van der Waals surface area contributed by atoms with Gasteiger partial charge in [-0.05, 0) is 25.7 Å². The molecule has 3 N–H and O–H groups in total. The highest BCUT2D eigenvalue weighted by Crippen LogP contribution is 2.33. The molecule has 0 heterocycles. The van der Waals surface area contributed by atoms with E-state index in [2.05, 4.69) is 12.1 Å². The Morgan fingerprint density at radius 3 is 2.86 bits per heavy atom. The number of nitrogens with zero attached hydrogens (tertiary/aromatic N) is 1. The van der Waals surface area contributed by atoms with Gasteiger partial charge in [0.1, 0.15) is 0 Å². The Bertz CT molecular complexity index is 208. The Morgan fingerprint density at radius 2 is 2.29 bits per heavy atom. The first-order valence-corrected chi connectivity index (χ1v) is 6.20. The minimum absolute atomic E-state index is 0.135. The van der Waals surface area contributed by atoms with Crippen molar-refractivity contribution in [3.63, 3.8) is 0 Å². The van der Waals surface area contributed by atoms with Crippen LogP contribution in [0.3, 0.4) is 0 Å². The topological polar surface area (TPSA) is 58.6 Å². The normalized spacial score (nSPS) is 31.4. The first kappa shape index (κ1) is 11.7. The lowest BCUT2D eigenvalue weighted by molar-refractivity contribution is 0.317. The van der Waals surface area contributed by atoms with Gasteiger partial charge in [0, 0.05) is 5.25 Å². The van der Waals surface area contributed by atoms with Crippen molar-refractivity contribution < 1.29 is 5.21 Å². The van der Waals surface area contributed by atoms with Crippen LogP contribution in [0.15, 0.2) is 5.16 Å². The summed E-state index contributed by atoms with van der Waals surface area (Å²) >= 11 is 1.84. The smallest absolute Gasteiger partial charge is 0.152 e. The van der Waals surface area contributed by atoms with Crippen LogP contribution in [-0.4, -0.2) is 21.5 Å². The SMILES string of the molecule is CC1CCCC(SC(C)C(N)=NO)C1. The molecule has 1 saturated carbocycles. The molecular formula is C10H20N2OS. The molecule has 1 aliphatic rings. The summed E-state index contributed by atoms with van der Waals surface area (Å²) in [5.74, 6) is 1.17. The van der Waals surface area contributed by atoms with Crippen LogP contribution < -0.4 is 5.73 Å². The molecular weight excluding hydrogens is 196 g/mol. The second-order valence-electron chi connectivity index (χ2n) is 4.20.